The van der Waals surface area contributed by atoms with E-state index in [0.29, 0.717) is 22.9 Å². The summed E-state index contributed by atoms with van der Waals surface area (Å²) in [6.45, 7) is 3.40. The molecule has 0 unspecified atom stereocenters. The average Bonchev–Trinajstić information content (AvgIpc) is 2.71. The van der Waals surface area contributed by atoms with Crippen molar-refractivity contribution in [3.05, 3.63) is 64.7 Å². The summed E-state index contributed by atoms with van der Waals surface area (Å²) in [4.78, 5) is 35.7. The van der Waals surface area contributed by atoms with E-state index in [0.717, 1.165) is 5.56 Å². The lowest BCUT2D eigenvalue weighted by molar-refractivity contribution is -0.147. The van der Waals surface area contributed by atoms with Crippen molar-refractivity contribution in [2.75, 3.05) is 19.8 Å². The van der Waals surface area contributed by atoms with E-state index >= 15 is 0 Å². The number of hydrogen-bond donors (Lipinski definition) is 2. The van der Waals surface area contributed by atoms with E-state index in [1.54, 1.807) is 49.4 Å². The second-order valence-electron chi connectivity index (χ2n) is 6.14. The average molecular weight is 419 g/mol. The zero-order valence-electron chi connectivity index (χ0n) is 16.2. The van der Waals surface area contributed by atoms with Gasteiger partial charge >= 0.3 is 5.97 Å². The number of carbonyl (C=O) groups excluding carboxylic acids is 3. The highest BCUT2D eigenvalue weighted by molar-refractivity contribution is 6.30. The molecule has 0 aromatic heterocycles. The van der Waals surface area contributed by atoms with Crippen LogP contribution in [0.2, 0.25) is 5.02 Å². The number of benzene rings is 2. The minimum Gasteiger partial charge on any atom is -0.494 e. The van der Waals surface area contributed by atoms with Crippen LogP contribution in [0, 0.1) is 0 Å². The summed E-state index contributed by atoms with van der Waals surface area (Å²) in [5.74, 6) is -0.941. The zero-order chi connectivity index (χ0) is 21.2. The summed E-state index contributed by atoms with van der Waals surface area (Å²) >= 11 is 5.93. The van der Waals surface area contributed by atoms with Crippen LogP contribution < -0.4 is 15.4 Å². The molecule has 1 atom stereocenters. The second-order valence-corrected chi connectivity index (χ2v) is 6.58. The third-order valence-electron chi connectivity index (χ3n) is 3.91. The number of amides is 2. The highest BCUT2D eigenvalue weighted by Gasteiger charge is 2.13. The second kappa shape index (κ2) is 11.1. The Bertz CT molecular complexity index is 854. The first-order valence-electron chi connectivity index (χ1n) is 9.10. The Hall–Kier alpha value is -3.06. The predicted molar refractivity (Wildman–Crippen MR) is 109 cm³/mol. The molecule has 29 heavy (non-hydrogen) atoms. The van der Waals surface area contributed by atoms with Gasteiger partial charge in [-0.25, -0.2) is 0 Å². The maximum atomic E-state index is 12.0. The van der Waals surface area contributed by atoms with Crippen molar-refractivity contribution in [2.45, 2.75) is 19.9 Å². The lowest BCUT2D eigenvalue weighted by atomic mass is 10.1. The standard InChI is InChI=1S/C21H23ClN2O5/c1-3-28-18-9-7-15(8-10-18)21(27)23-12-20(26)29-13-19(25)24-14(2)16-5-4-6-17(22)11-16/h4-11,14H,3,12-13H2,1-2H3,(H,23,27)(H,24,25)/t14-/m0/s1. The predicted octanol–water partition coefficient (Wildman–Crippen LogP) is 2.89. The number of rotatable bonds is 9. The van der Waals surface area contributed by atoms with Crippen LogP contribution >= 0.6 is 11.6 Å². The normalized spacial score (nSPS) is 11.3. The van der Waals surface area contributed by atoms with Crippen LogP contribution in [-0.4, -0.2) is 37.5 Å². The Kier molecular flexibility index (Phi) is 8.48. The third-order valence-corrected chi connectivity index (χ3v) is 4.15. The monoisotopic (exact) mass is 418 g/mol. The molecule has 0 aliphatic carbocycles. The van der Waals surface area contributed by atoms with E-state index in [-0.39, 0.29) is 12.6 Å². The van der Waals surface area contributed by atoms with E-state index in [1.165, 1.54) is 0 Å². The van der Waals surface area contributed by atoms with Crippen molar-refractivity contribution in [1.82, 2.24) is 10.6 Å². The number of nitrogens with one attached hydrogen (secondary N) is 2. The Balaban J connectivity index is 1.72. The summed E-state index contributed by atoms with van der Waals surface area (Å²) < 4.78 is 10.2. The van der Waals surface area contributed by atoms with Crippen LogP contribution in [-0.2, 0) is 14.3 Å². The quantitative estimate of drug-likeness (QED) is 0.611. The van der Waals surface area contributed by atoms with Crippen LogP contribution in [0.15, 0.2) is 48.5 Å². The van der Waals surface area contributed by atoms with Gasteiger partial charge in [-0.15, -0.1) is 0 Å². The smallest absolute Gasteiger partial charge is 0.325 e. The van der Waals surface area contributed by atoms with Crippen LogP contribution in [0.5, 0.6) is 5.75 Å². The Morgan fingerprint density at radius 1 is 1.10 bits per heavy atom. The van der Waals surface area contributed by atoms with E-state index in [4.69, 9.17) is 21.1 Å². The van der Waals surface area contributed by atoms with Crippen molar-refractivity contribution < 1.29 is 23.9 Å². The summed E-state index contributed by atoms with van der Waals surface area (Å²) in [6, 6.07) is 13.3. The lowest BCUT2D eigenvalue weighted by Crippen LogP contribution is -2.34. The highest BCUT2D eigenvalue weighted by atomic mass is 35.5. The minimum atomic E-state index is -0.713. The van der Waals surface area contributed by atoms with E-state index < -0.39 is 24.4 Å². The van der Waals surface area contributed by atoms with Gasteiger partial charge in [0.05, 0.1) is 12.6 Å². The van der Waals surface area contributed by atoms with Crippen molar-refractivity contribution in [1.29, 1.82) is 0 Å². The van der Waals surface area contributed by atoms with Crippen molar-refractivity contribution >= 4 is 29.4 Å². The number of esters is 1. The van der Waals surface area contributed by atoms with Crippen molar-refractivity contribution in [3.63, 3.8) is 0 Å². The third kappa shape index (κ3) is 7.46. The molecular weight excluding hydrogens is 396 g/mol. The fourth-order valence-corrected chi connectivity index (χ4v) is 2.66. The molecule has 0 spiro atoms. The van der Waals surface area contributed by atoms with Gasteiger partial charge in [0.25, 0.3) is 11.8 Å². The Morgan fingerprint density at radius 2 is 1.83 bits per heavy atom. The molecule has 0 saturated carbocycles. The largest absolute Gasteiger partial charge is 0.494 e. The summed E-state index contributed by atoms with van der Waals surface area (Å²) in [7, 11) is 0. The first-order valence-corrected chi connectivity index (χ1v) is 9.48. The molecule has 2 aromatic carbocycles. The molecule has 0 aliphatic rings. The number of hydrogen-bond acceptors (Lipinski definition) is 5. The lowest BCUT2D eigenvalue weighted by Gasteiger charge is -2.14. The molecular formula is C21H23ClN2O5. The van der Waals surface area contributed by atoms with Gasteiger partial charge in [0, 0.05) is 10.6 Å². The molecule has 2 amide bonds. The summed E-state index contributed by atoms with van der Waals surface area (Å²) in [6.07, 6.45) is 0. The number of carbonyl (C=O) groups is 3. The van der Waals surface area contributed by atoms with Gasteiger partial charge in [-0.05, 0) is 55.8 Å². The summed E-state index contributed by atoms with van der Waals surface area (Å²) in [5.41, 5.74) is 1.22. The molecule has 0 aliphatic heterocycles. The zero-order valence-corrected chi connectivity index (χ0v) is 17.0. The van der Waals surface area contributed by atoms with Gasteiger partial charge < -0.3 is 20.1 Å². The van der Waals surface area contributed by atoms with E-state index in [1.807, 2.05) is 13.0 Å². The molecule has 0 heterocycles. The first kappa shape index (κ1) is 22.2. The Labute approximate surface area is 174 Å². The van der Waals surface area contributed by atoms with Gasteiger partial charge in [0.2, 0.25) is 0 Å². The highest BCUT2D eigenvalue weighted by Crippen LogP contribution is 2.17. The van der Waals surface area contributed by atoms with E-state index in [9.17, 15) is 14.4 Å². The number of ether oxygens (including phenoxy) is 2. The maximum absolute atomic E-state index is 12.0. The van der Waals surface area contributed by atoms with Crippen LogP contribution in [0.25, 0.3) is 0 Å². The maximum Gasteiger partial charge on any atom is 0.325 e. The fourth-order valence-electron chi connectivity index (χ4n) is 2.46. The van der Waals surface area contributed by atoms with Crippen LogP contribution in [0.3, 0.4) is 0 Å². The molecule has 0 fully saturated rings. The van der Waals surface area contributed by atoms with E-state index in [2.05, 4.69) is 10.6 Å². The molecule has 0 saturated heterocycles. The van der Waals surface area contributed by atoms with Gasteiger partial charge in [0.15, 0.2) is 6.61 Å². The van der Waals surface area contributed by atoms with Gasteiger partial charge in [-0.2, -0.15) is 0 Å². The SMILES string of the molecule is CCOc1ccc(C(=O)NCC(=O)OCC(=O)N[C@@H](C)c2cccc(Cl)c2)cc1. The topological polar surface area (TPSA) is 93.7 Å². The fraction of sp³-hybridized carbons (Fsp3) is 0.286. The molecule has 2 rings (SSSR count). The molecule has 8 heteroatoms. The molecule has 2 N–H and O–H groups in total. The van der Waals surface area contributed by atoms with Gasteiger partial charge in [-0.1, -0.05) is 23.7 Å². The van der Waals surface area contributed by atoms with Crippen molar-refractivity contribution in [2.24, 2.45) is 0 Å². The molecule has 0 bridgehead atoms. The molecule has 2 aromatic rings. The summed E-state index contributed by atoms with van der Waals surface area (Å²) in [5, 5.41) is 5.73. The van der Waals surface area contributed by atoms with Crippen LogP contribution in [0.1, 0.15) is 35.8 Å². The Morgan fingerprint density at radius 3 is 2.48 bits per heavy atom. The van der Waals surface area contributed by atoms with Crippen LogP contribution in [0.4, 0.5) is 0 Å². The molecule has 154 valence electrons. The number of halogens is 1. The molecule has 0 radical (unpaired) electrons. The first-order chi connectivity index (χ1) is 13.9. The molecule has 7 nitrogen and oxygen atoms in total. The minimum absolute atomic E-state index is 0.292. The van der Waals surface area contributed by atoms with Crippen molar-refractivity contribution in [3.8, 4) is 5.75 Å². The van der Waals surface area contributed by atoms with Gasteiger partial charge in [-0.3, -0.25) is 14.4 Å². The van der Waals surface area contributed by atoms with Gasteiger partial charge in [0.1, 0.15) is 12.3 Å².